The fraction of sp³-hybridized carbons (Fsp3) is 0.0769. The maximum absolute atomic E-state index is 12.2. The summed E-state index contributed by atoms with van der Waals surface area (Å²) < 4.78 is 0. The Bertz CT molecular complexity index is 1160. The SMILES string of the molecule is Cc1ccccc1-c1ccccc1Sc1ccc(NC(=O)NCc2ccncc2)cc1. The number of benzene rings is 3. The number of amides is 2. The number of aryl methyl sites for hydroxylation is 1. The van der Waals surface area contributed by atoms with Crippen LogP contribution in [0, 0.1) is 6.92 Å². The van der Waals surface area contributed by atoms with Gasteiger partial charge in [-0.3, -0.25) is 4.98 Å². The highest BCUT2D eigenvalue weighted by molar-refractivity contribution is 7.99. The molecule has 4 rings (SSSR count). The van der Waals surface area contributed by atoms with E-state index in [1.54, 1.807) is 24.2 Å². The standard InChI is InChI=1S/C26H23N3OS/c1-19-6-2-3-7-23(19)24-8-4-5-9-25(24)31-22-12-10-21(11-13-22)29-26(30)28-18-20-14-16-27-17-15-20/h2-17H,18H2,1H3,(H2,28,29,30). The molecule has 3 aromatic carbocycles. The summed E-state index contributed by atoms with van der Waals surface area (Å²) in [6.07, 6.45) is 3.42. The van der Waals surface area contributed by atoms with E-state index in [-0.39, 0.29) is 6.03 Å². The molecule has 4 nitrogen and oxygen atoms in total. The first-order chi connectivity index (χ1) is 15.2. The van der Waals surface area contributed by atoms with E-state index in [1.165, 1.54) is 21.6 Å². The Hall–Kier alpha value is -3.57. The summed E-state index contributed by atoms with van der Waals surface area (Å²) in [7, 11) is 0. The monoisotopic (exact) mass is 425 g/mol. The molecule has 5 heteroatoms. The van der Waals surface area contributed by atoms with Gasteiger partial charge in [-0.1, -0.05) is 54.2 Å². The molecule has 0 fully saturated rings. The van der Waals surface area contributed by atoms with E-state index < -0.39 is 0 Å². The first kappa shape index (κ1) is 20.7. The summed E-state index contributed by atoms with van der Waals surface area (Å²) in [5, 5.41) is 5.72. The van der Waals surface area contributed by atoms with Crippen molar-refractivity contribution in [2.24, 2.45) is 0 Å². The van der Waals surface area contributed by atoms with Gasteiger partial charge >= 0.3 is 6.03 Å². The van der Waals surface area contributed by atoms with Crippen LogP contribution in [0.1, 0.15) is 11.1 Å². The lowest BCUT2D eigenvalue weighted by Gasteiger charge is -2.12. The lowest BCUT2D eigenvalue weighted by Crippen LogP contribution is -2.28. The predicted molar refractivity (Wildman–Crippen MR) is 127 cm³/mol. The molecular weight excluding hydrogens is 402 g/mol. The third-order valence-electron chi connectivity index (χ3n) is 4.86. The summed E-state index contributed by atoms with van der Waals surface area (Å²) in [5.41, 5.74) is 5.49. The zero-order valence-electron chi connectivity index (χ0n) is 17.2. The largest absolute Gasteiger partial charge is 0.334 e. The molecule has 0 unspecified atom stereocenters. The van der Waals surface area contributed by atoms with E-state index in [0.29, 0.717) is 6.54 Å². The number of carbonyl (C=O) groups excluding carboxylic acids is 1. The highest BCUT2D eigenvalue weighted by Crippen LogP contribution is 2.37. The zero-order valence-corrected chi connectivity index (χ0v) is 18.0. The van der Waals surface area contributed by atoms with Crippen molar-refractivity contribution in [1.29, 1.82) is 0 Å². The fourth-order valence-electron chi connectivity index (χ4n) is 3.24. The summed E-state index contributed by atoms with van der Waals surface area (Å²) in [6, 6.07) is 28.3. The number of nitrogens with zero attached hydrogens (tertiary/aromatic N) is 1. The van der Waals surface area contributed by atoms with E-state index >= 15 is 0 Å². The van der Waals surface area contributed by atoms with E-state index in [0.717, 1.165) is 16.1 Å². The Morgan fingerprint density at radius 1 is 0.839 bits per heavy atom. The van der Waals surface area contributed by atoms with Crippen LogP contribution in [0.4, 0.5) is 10.5 Å². The molecular formula is C26H23N3OS. The Balaban J connectivity index is 1.40. The predicted octanol–water partition coefficient (Wildman–Crippen LogP) is 6.53. The van der Waals surface area contributed by atoms with Gasteiger partial charge in [-0.05, 0) is 71.6 Å². The smallest absolute Gasteiger partial charge is 0.319 e. The third-order valence-corrected chi connectivity index (χ3v) is 5.95. The lowest BCUT2D eigenvalue weighted by atomic mass is 10.0. The molecule has 0 bridgehead atoms. The Kier molecular flexibility index (Phi) is 6.65. The summed E-state index contributed by atoms with van der Waals surface area (Å²) >= 11 is 1.72. The molecule has 154 valence electrons. The molecule has 0 aliphatic rings. The van der Waals surface area contributed by atoms with Crippen LogP contribution < -0.4 is 10.6 Å². The molecule has 0 aliphatic heterocycles. The lowest BCUT2D eigenvalue weighted by molar-refractivity contribution is 0.251. The normalized spacial score (nSPS) is 10.5. The van der Waals surface area contributed by atoms with Gasteiger partial charge in [-0.2, -0.15) is 0 Å². The first-order valence-electron chi connectivity index (χ1n) is 10.1. The number of pyridine rings is 1. The second-order valence-corrected chi connectivity index (χ2v) is 8.22. The van der Waals surface area contributed by atoms with E-state index in [1.807, 2.05) is 36.4 Å². The van der Waals surface area contributed by atoms with Crippen LogP contribution in [0.25, 0.3) is 11.1 Å². The second-order valence-electron chi connectivity index (χ2n) is 7.10. The molecule has 2 amide bonds. The number of rotatable bonds is 6. The van der Waals surface area contributed by atoms with Gasteiger partial charge in [0.2, 0.25) is 0 Å². The van der Waals surface area contributed by atoms with Gasteiger partial charge in [0.15, 0.2) is 0 Å². The van der Waals surface area contributed by atoms with E-state index in [2.05, 4.69) is 71.1 Å². The Labute approximate surface area is 186 Å². The molecule has 0 aliphatic carbocycles. The van der Waals surface area contributed by atoms with Crippen molar-refractivity contribution in [3.05, 3.63) is 108 Å². The van der Waals surface area contributed by atoms with Crippen molar-refractivity contribution in [1.82, 2.24) is 10.3 Å². The molecule has 4 aromatic rings. The fourth-order valence-corrected chi connectivity index (χ4v) is 4.21. The van der Waals surface area contributed by atoms with E-state index in [4.69, 9.17) is 0 Å². The van der Waals surface area contributed by atoms with E-state index in [9.17, 15) is 4.79 Å². The van der Waals surface area contributed by atoms with Crippen LogP contribution in [0.3, 0.4) is 0 Å². The van der Waals surface area contributed by atoms with Crippen LogP contribution in [0.15, 0.2) is 107 Å². The minimum Gasteiger partial charge on any atom is -0.334 e. The van der Waals surface area contributed by atoms with Gasteiger partial charge < -0.3 is 10.6 Å². The van der Waals surface area contributed by atoms with Gasteiger partial charge in [-0.25, -0.2) is 4.79 Å². The van der Waals surface area contributed by atoms with Crippen LogP contribution in [0.5, 0.6) is 0 Å². The molecule has 31 heavy (non-hydrogen) atoms. The number of urea groups is 1. The molecule has 0 spiro atoms. The molecule has 0 saturated heterocycles. The molecule has 1 aromatic heterocycles. The van der Waals surface area contributed by atoms with Crippen molar-refractivity contribution in [2.75, 3.05) is 5.32 Å². The average Bonchev–Trinajstić information content (AvgIpc) is 2.81. The summed E-state index contributed by atoms with van der Waals surface area (Å²) in [5.74, 6) is 0. The van der Waals surface area contributed by atoms with Gasteiger partial charge in [0.25, 0.3) is 0 Å². The molecule has 1 heterocycles. The number of nitrogens with one attached hydrogen (secondary N) is 2. The number of aromatic nitrogens is 1. The molecule has 2 N–H and O–H groups in total. The van der Waals surface area contributed by atoms with Crippen molar-refractivity contribution >= 4 is 23.5 Å². The summed E-state index contributed by atoms with van der Waals surface area (Å²) in [4.78, 5) is 18.4. The maximum atomic E-state index is 12.2. The molecule has 0 atom stereocenters. The minimum atomic E-state index is -0.234. The van der Waals surface area contributed by atoms with Gasteiger partial charge in [0.1, 0.15) is 0 Å². The third kappa shape index (κ3) is 5.53. The maximum Gasteiger partial charge on any atom is 0.319 e. The number of anilines is 1. The number of carbonyl (C=O) groups is 1. The van der Waals surface area contributed by atoms with Gasteiger partial charge in [-0.15, -0.1) is 0 Å². The van der Waals surface area contributed by atoms with Gasteiger partial charge in [0.05, 0.1) is 0 Å². The number of hydrogen-bond acceptors (Lipinski definition) is 3. The topological polar surface area (TPSA) is 54.0 Å². The molecule has 0 radical (unpaired) electrons. The Morgan fingerprint density at radius 3 is 2.26 bits per heavy atom. The van der Waals surface area contributed by atoms with Gasteiger partial charge in [0, 0.05) is 34.4 Å². The van der Waals surface area contributed by atoms with Crippen LogP contribution in [-0.2, 0) is 6.54 Å². The highest BCUT2D eigenvalue weighted by Gasteiger charge is 2.09. The van der Waals surface area contributed by atoms with Crippen molar-refractivity contribution in [3.63, 3.8) is 0 Å². The van der Waals surface area contributed by atoms with Crippen molar-refractivity contribution in [3.8, 4) is 11.1 Å². The van der Waals surface area contributed by atoms with Crippen LogP contribution in [0.2, 0.25) is 0 Å². The highest BCUT2D eigenvalue weighted by atomic mass is 32.2. The second kappa shape index (κ2) is 9.96. The van der Waals surface area contributed by atoms with Crippen molar-refractivity contribution < 1.29 is 4.79 Å². The quantitative estimate of drug-likeness (QED) is 0.369. The van der Waals surface area contributed by atoms with Crippen LogP contribution in [-0.4, -0.2) is 11.0 Å². The van der Waals surface area contributed by atoms with Crippen molar-refractivity contribution in [2.45, 2.75) is 23.3 Å². The average molecular weight is 426 g/mol. The minimum absolute atomic E-state index is 0.234. The number of hydrogen-bond donors (Lipinski definition) is 2. The summed E-state index contributed by atoms with van der Waals surface area (Å²) in [6.45, 7) is 2.59. The zero-order chi connectivity index (χ0) is 21.5. The first-order valence-corrected chi connectivity index (χ1v) is 10.9. The Morgan fingerprint density at radius 2 is 1.52 bits per heavy atom. The van der Waals surface area contributed by atoms with Crippen LogP contribution >= 0.6 is 11.8 Å². The molecule has 0 saturated carbocycles.